The van der Waals surface area contributed by atoms with Gasteiger partial charge in [-0.25, -0.2) is 0 Å². The molecule has 1 atom stereocenters. The summed E-state index contributed by atoms with van der Waals surface area (Å²) in [5, 5.41) is 2.73. The van der Waals surface area contributed by atoms with E-state index in [2.05, 4.69) is 11.4 Å². The minimum absolute atomic E-state index is 0.171. The maximum Gasteiger partial charge on any atom is 0.261 e. The highest BCUT2D eigenvalue weighted by molar-refractivity contribution is 5.88. The first-order chi connectivity index (χ1) is 16.8. The maximum absolute atomic E-state index is 13.6. The van der Waals surface area contributed by atoms with E-state index in [1.165, 1.54) is 0 Å². The van der Waals surface area contributed by atoms with E-state index in [9.17, 15) is 9.59 Å². The van der Waals surface area contributed by atoms with Crippen molar-refractivity contribution < 1.29 is 19.1 Å². The lowest BCUT2D eigenvalue weighted by Gasteiger charge is -2.31. The van der Waals surface area contributed by atoms with Gasteiger partial charge in [-0.1, -0.05) is 48.5 Å². The van der Waals surface area contributed by atoms with Crippen molar-refractivity contribution in [3.63, 3.8) is 0 Å². The molecule has 0 spiro atoms. The van der Waals surface area contributed by atoms with Crippen LogP contribution in [0.1, 0.15) is 27.8 Å². The molecule has 184 valence electrons. The molecule has 0 radical (unpaired) electrons. The van der Waals surface area contributed by atoms with Crippen LogP contribution in [0.3, 0.4) is 0 Å². The first-order valence-corrected chi connectivity index (χ1v) is 11.7. The molecule has 0 bridgehead atoms. The summed E-state index contributed by atoms with van der Waals surface area (Å²) in [5.41, 5.74) is 5.00. The number of nitrogens with zero attached hydrogens (tertiary/aromatic N) is 1. The fourth-order valence-electron chi connectivity index (χ4n) is 4.06. The summed E-state index contributed by atoms with van der Waals surface area (Å²) in [7, 11) is 3.19. The van der Waals surface area contributed by atoms with Crippen LogP contribution in [0.4, 0.5) is 0 Å². The van der Waals surface area contributed by atoms with Crippen molar-refractivity contribution >= 4 is 11.8 Å². The molecule has 0 fully saturated rings. The first kappa shape index (κ1) is 25.8. The number of hydrogen-bond donors (Lipinski definition) is 1. The molecule has 2 amide bonds. The minimum Gasteiger partial charge on any atom is -0.497 e. The van der Waals surface area contributed by atoms with E-state index in [0.29, 0.717) is 17.9 Å². The van der Waals surface area contributed by atoms with Crippen LogP contribution in [0.2, 0.25) is 0 Å². The number of likely N-dealkylation sites (N-methyl/N-ethyl adjacent to an activating group) is 1. The average Bonchev–Trinajstić information content (AvgIpc) is 2.87. The van der Waals surface area contributed by atoms with Crippen LogP contribution in [0.15, 0.2) is 66.7 Å². The third kappa shape index (κ3) is 6.85. The van der Waals surface area contributed by atoms with Gasteiger partial charge in [0.2, 0.25) is 5.91 Å². The molecular formula is C29H34N2O4. The Morgan fingerprint density at radius 3 is 2.34 bits per heavy atom. The van der Waals surface area contributed by atoms with E-state index < -0.39 is 6.04 Å². The SMILES string of the molecule is CNC(=O)C(Cc1ccccc1)N(Cc1cccc(OC)c1)C(=O)COc1cc(C)cc(C)c1C. The number of hydrogen-bond acceptors (Lipinski definition) is 4. The molecule has 0 saturated carbocycles. The monoisotopic (exact) mass is 474 g/mol. The molecule has 35 heavy (non-hydrogen) atoms. The normalized spacial score (nSPS) is 11.5. The van der Waals surface area contributed by atoms with E-state index in [-0.39, 0.29) is 25.0 Å². The molecule has 0 heterocycles. The smallest absolute Gasteiger partial charge is 0.261 e. The number of ether oxygens (including phenoxy) is 2. The summed E-state index contributed by atoms with van der Waals surface area (Å²) >= 11 is 0. The predicted molar refractivity (Wildman–Crippen MR) is 138 cm³/mol. The first-order valence-electron chi connectivity index (χ1n) is 11.7. The largest absolute Gasteiger partial charge is 0.497 e. The fourth-order valence-corrected chi connectivity index (χ4v) is 4.06. The zero-order valence-corrected chi connectivity index (χ0v) is 21.1. The van der Waals surface area contributed by atoms with E-state index in [1.807, 2.05) is 81.4 Å². The molecule has 1 N–H and O–H groups in total. The van der Waals surface area contributed by atoms with Gasteiger partial charge in [0, 0.05) is 20.0 Å². The number of rotatable bonds is 10. The molecule has 0 saturated heterocycles. The predicted octanol–water partition coefficient (Wildman–Crippen LogP) is 4.39. The van der Waals surface area contributed by atoms with E-state index >= 15 is 0 Å². The highest BCUT2D eigenvalue weighted by Crippen LogP contribution is 2.24. The Labute approximate surface area is 207 Å². The summed E-state index contributed by atoms with van der Waals surface area (Å²) in [6.45, 7) is 6.07. The van der Waals surface area contributed by atoms with Gasteiger partial charge in [0.25, 0.3) is 5.91 Å². The maximum atomic E-state index is 13.6. The Morgan fingerprint density at radius 2 is 1.66 bits per heavy atom. The van der Waals surface area contributed by atoms with Crippen molar-refractivity contribution in [3.8, 4) is 11.5 Å². The highest BCUT2D eigenvalue weighted by atomic mass is 16.5. The Hall–Kier alpha value is -3.80. The Bertz CT molecular complexity index is 1160. The Balaban J connectivity index is 1.92. The van der Waals surface area contributed by atoms with Gasteiger partial charge < -0.3 is 19.7 Å². The third-order valence-electron chi connectivity index (χ3n) is 6.12. The number of aryl methyl sites for hydroxylation is 2. The fraction of sp³-hybridized carbons (Fsp3) is 0.310. The summed E-state index contributed by atoms with van der Waals surface area (Å²) < 4.78 is 11.3. The number of nitrogens with one attached hydrogen (secondary N) is 1. The van der Waals surface area contributed by atoms with Crippen molar-refractivity contribution in [1.29, 1.82) is 0 Å². The second-order valence-electron chi connectivity index (χ2n) is 8.69. The van der Waals surface area contributed by atoms with Gasteiger partial charge in [0.05, 0.1) is 7.11 Å². The average molecular weight is 475 g/mol. The molecule has 3 rings (SSSR count). The highest BCUT2D eigenvalue weighted by Gasteiger charge is 2.30. The number of carbonyl (C=O) groups excluding carboxylic acids is 2. The second-order valence-corrected chi connectivity index (χ2v) is 8.69. The van der Waals surface area contributed by atoms with Crippen molar-refractivity contribution in [1.82, 2.24) is 10.2 Å². The lowest BCUT2D eigenvalue weighted by molar-refractivity contribution is -0.142. The van der Waals surface area contributed by atoms with Gasteiger partial charge >= 0.3 is 0 Å². The summed E-state index contributed by atoms with van der Waals surface area (Å²) in [6.07, 6.45) is 0.388. The summed E-state index contributed by atoms with van der Waals surface area (Å²) in [6, 6.07) is 20.5. The van der Waals surface area contributed by atoms with Gasteiger partial charge in [-0.3, -0.25) is 9.59 Å². The quantitative estimate of drug-likeness (QED) is 0.473. The van der Waals surface area contributed by atoms with Crippen molar-refractivity contribution in [2.75, 3.05) is 20.8 Å². The number of methoxy groups -OCH3 is 1. The van der Waals surface area contributed by atoms with Crippen LogP contribution in [0.5, 0.6) is 11.5 Å². The zero-order valence-electron chi connectivity index (χ0n) is 21.1. The third-order valence-corrected chi connectivity index (χ3v) is 6.12. The van der Waals surface area contributed by atoms with Gasteiger partial charge in [-0.05, 0) is 66.8 Å². The lowest BCUT2D eigenvalue weighted by atomic mass is 10.0. The van der Waals surface area contributed by atoms with Gasteiger partial charge in [-0.15, -0.1) is 0 Å². The molecule has 0 aliphatic heterocycles. The molecule has 1 unspecified atom stereocenters. The van der Waals surface area contributed by atoms with Gasteiger partial charge in [-0.2, -0.15) is 0 Å². The van der Waals surface area contributed by atoms with Gasteiger partial charge in [0.15, 0.2) is 6.61 Å². The molecule has 6 nitrogen and oxygen atoms in total. The number of benzene rings is 3. The number of amides is 2. The summed E-state index contributed by atoms with van der Waals surface area (Å²) in [5.74, 6) is 0.872. The Morgan fingerprint density at radius 1 is 0.943 bits per heavy atom. The van der Waals surface area contributed by atoms with E-state index in [4.69, 9.17) is 9.47 Å². The zero-order chi connectivity index (χ0) is 25.4. The van der Waals surface area contributed by atoms with Crippen LogP contribution < -0.4 is 14.8 Å². The topological polar surface area (TPSA) is 67.9 Å². The number of carbonyl (C=O) groups is 2. The second kappa shape index (κ2) is 12.1. The summed E-state index contributed by atoms with van der Waals surface area (Å²) in [4.78, 5) is 28.2. The van der Waals surface area contributed by atoms with E-state index in [0.717, 1.165) is 27.8 Å². The molecular weight excluding hydrogens is 440 g/mol. The lowest BCUT2D eigenvalue weighted by Crippen LogP contribution is -2.51. The molecule has 0 aromatic heterocycles. The molecule has 3 aromatic rings. The van der Waals surface area contributed by atoms with Crippen LogP contribution >= 0.6 is 0 Å². The van der Waals surface area contributed by atoms with Crippen LogP contribution in [-0.2, 0) is 22.6 Å². The van der Waals surface area contributed by atoms with Crippen LogP contribution in [0, 0.1) is 20.8 Å². The van der Waals surface area contributed by atoms with Crippen LogP contribution in [-0.4, -0.2) is 43.5 Å². The molecule has 0 aliphatic rings. The van der Waals surface area contributed by atoms with Crippen molar-refractivity contribution in [3.05, 3.63) is 94.5 Å². The van der Waals surface area contributed by atoms with Gasteiger partial charge in [0.1, 0.15) is 17.5 Å². The standard InChI is InChI=1S/C29H34N2O4/c1-20-14-21(2)22(3)27(15-20)35-19-28(32)31(18-24-12-9-13-25(16-24)34-5)26(29(33)30-4)17-23-10-7-6-8-11-23/h6-16,26H,17-19H2,1-5H3,(H,30,33). The van der Waals surface area contributed by atoms with Crippen molar-refractivity contribution in [2.24, 2.45) is 0 Å². The van der Waals surface area contributed by atoms with Crippen LogP contribution in [0.25, 0.3) is 0 Å². The van der Waals surface area contributed by atoms with Crippen molar-refractivity contribution in [2.45, 2.75) is 39.8 Å². The molecule has 3 aromatic carbocycles. The molecule has 6 heteroatoms. The minimum atomic E-state index is -0.704. The van der Waals surface area contributed by atoms with E-state index in [1.54, 1.807) is 19.1 Å². The Kier molecular flexibility index (Phi) is 8.90. The molecule has 0 aliphatic carbocycles.